The monoisotopic (exact) mass is 381 g/mol. The molecule has 1 aromatic heterocycles. The molecule has 1 saturated carbocycles. The first-order chi connectivity index (χ1) is 13.7. The second-order valence-electron chi connectivity index (χ2n) is 7.81. The van der Waals surface area contributed by atoms with Crippen molar-refractivity contribution in [1.82, 2.24) is 9.55 Å². The number of nitrogens with zero attached hydrogens (tertiary/aromatic N) is 4. The molecule has 0 amide bonds. The summed E-state index contributed by atoms with van der Waals surface area (Å²) >= 11 is 0. The zero-order valence-corrected chi connectivity index (χ0v) is 16.2. The summed E-state index contributed by atoms with van der Waals surface area (Å²) in [6.07, 6.45) is 10.2. The minimum Gasteiger partial charge on any atom is -0.460 e. The molecule has 7 heteroatoms. The fourth-order valence-corrected chi connectivity index (χ4v) is 4.63. The quantitative estimate of drug-likeness (QED) is 0.353. The van der Waals surface area contributed by atoms with E-state index in [1.165, 1.54) is 30.4 Å². The number of hydrogen-bond acceptors (Lipinski definition) is 5. The van der Waals surface area contributed by atoms with Crippen molar-refractivity contribution >= 4 is 5.97 Å². The number of nitrogens with two attached hydrogens (primary N) is 1. The molecular formula is C21H27N5O2. The van der Waals surface area contributed by atoms with Gasteiger partial charge in [0.05, 0.1) is 24.3 Å². The third-order valence-electron chi connectivity index (χ3n) is 6.08. The standard InChI is InChI=1S/C21H27N5O2/c1-14(24-25-22)21(27)28-20(15-7-3-2-4-8-15)11-18-16-9-5-6-10-17(16)19-12-23-13-26(18)19/h5-6,9-10,12-15,18,20H,2-4,7-8,11H2,1H3,(H2,22,24)/t14-,18?,20?/m0/s1. The van der Waals surface area contributed by atoms with Crippen LogP contribution in [0.5, 0.6) is 0 Å². The Labute approximate surface area is 165 Å². The number of esters is 1. The van der Waals surface area contributed by atoms with Gasteiger partial charge in [0.2, 0.25) is 0 Å². The molecule has 0 radical (unpaired) electrons. The molecule has 2 aliphatic rings. The average Bonchev–Trinajstić information content (AvgIpc) is 3.31. The zero-order chi connectivity index (χ0) is 19.5. The zero-order valence-electron chi connectivity index (χ0n) is 16.2. The molecule has 1 aromatic carbocycles. The number of ether oxygens (including phenoxy) is 1. The Kier molecular flexibility index (Phi) is 5.41. The van der Waals surface area contributed by atoms with Gasteiger partial charge in [-0.25, -0.2) is 9.78 Å². The van der Waals surface area contributed by atoms with E-state index in [4.69, 9.17) is 10.6 Å². The first kappa shape index (κ1) is 18.7. The SMILES string of the molecule is C[C@H](N=NN)C(=O)OC(CC1c2ccccc2-c2cncn21)C1CCCCC1. The van der Waals surface area contributed by atoms with Crippen LogP contribution in [0.15, 0.2) is 47.1 Å². The van der Waals surface area contributed by atoms with Crippen molar-refractivity contribution in [1.29, 1.82) is 0 Å². The lowest BCUT2D eigenvalue weighted by Gasteiger charge is -2.32. The maximum atomic E-state index is 12.6. The van der Waals surface area contributed by atoms with E-state index in [1.54, 1.807) is 6.92 Å². The van der Waals surface area contributed by atoms with Gasteiger partial charge in [-0.05, 0) is 31.2 Å². The number of carbonyl (C=O) groups is 1. The molecule has 1 aliphatic carbocycles. The number of fused-ring (bicyclic) bond motifs is 3. The molecule has 2 heterocycles. The lowest BCUT2D eigenvalue weighted by atomic mass is 9.82. The predicted molar refractivity (Wildman–Crippen MR) is 105 cm³/mol. The number of carbonyl (C=O) groups excluding carboxylic acids is 1. The highest BCUT2D eigenvalue weighted by molar-refractivity contribution is 5.75. The number of benzene rings is 1. The van der Waals surface area contributed by atoms with E-state index in [0.29, 0.717) is 5.92 Å². The fourth-order valence-electron chi connectivity index (χ4n) is 4.63. The van der Waals surface area contributed by atoms with Gasteiger partial charge in [-0.1, -0.05) is 48.8 Å². The summed E-state index contributed by atoms with van der Waals surface area (Å²) in [6, 6.07) is 7.86. The first-order valence-corrected chi connectivity index (χ1v) is 10.1. The number of hydrogen-bond donors (Lipinski definition) is 1. The van der Waals surface area contributed by atoms with Crippen LogP contribution in [-0.4, -0.2) is 27.7 Å². The van der Waals surface area contributed by atoms with Gasteiger partial charge in [0.15, 0.2) is 6.04 Å². The molecule has 1 aliphatic heterocycles. The summed E-state index contributed by atoms with van der Waals surface area (Å²) in [5, 5.41) is 6.98. The van der Waals surface area contributed by atoms with Gasteiger partial charge >= 0.3 is 5.97 Å². The Morgan fingerprint density at radius 1 is 1.32 bits per heavy atom. The Morgan fingerprint density at radius 3 is 2.89 bits per heavy atom. The van der Waals surface area contributed by atoms with Crippen LogP contribution < -0.4 is 5.84 Å². The van der Waals surface area contributed by atoms with E-state index in [2.05, 4.69) is 44.2 Å². The molecule has 28 heavy (non-hydrogen) atoms. The van der Waals surface area contributed by atoms with Gasteiger partial charge < -0.3 is 15.1 Å². The van der Waals surface area contributed by atoms with Crippen LogP contribution in [-0.2, 0) is 9.53 Å². The van der Waals surface area contributed by atoms with Crippen LogP contribution in [0, 0.1) is 5.92 Å². The van der Waals surface area contributed by atoms with Crippen molar-refractivity contribution in [2.24, 2.45) is 22.1 Å². The lowest BCUT2D eigenvalue weighted by molar-refractivity contribution is -0.154. The molecular weight excluding hydrogens is 354 g/mol. The van der Waals surface area contributed by atoms with E-state index in [1.807, 2.05) is 12.5 Å². The predicted octanol–water partition coefficient (Wildman–Crippen LogP) is 4.05. The van der Waals surface area contributed by atoms with Crippen LogP contribution >= 0.6 is 0 Å². The molecule has 7 nitrogen and oxygen atoms in total. The molecule has 2 unspecified atom stereocenters. The van der Waals surface area contributed by atoms with Crippen LogP contribution in [0.4, 0.5) is 0 Å². The van der Waals surface area contributed by atoms with E-state index < -0.39 is 6.04 Å². The van der Waals surface area contributed by atoms with Crippen molar-refractivity contribution in [3.05, 3.63) is 42.4 Å². The molecule has 4 rings (SSSR count). The van der Waals surface area contributed by atoms with E-state index in [9.17, 15) is 4.79 Å². The topological polar surface area (TPSA) is 94.9 Å². The van der Waals surface area contributed by atoms with Crippen LogP contribution in [0.3, 0.4) is 0 Å². The number of imidazole rings is 1. The van der Waals surface area contributed by atoms with Gasteiger partial charge in [-0.15, -0.1) is 0 Å². The highest BCUT2D eigenvalue weighted by atomic mass is 16.5. The van der Waals surface area contributed by atoms with Crippen molar-refractivity contribution in [2.75, 3.05) is 0 Å². The van der Waals surface area contributed by atoms with Gasteiger partial charge in [-0.3, -0.25) is 0 Å². The highest BCUT2D eigenvalue weighted by Crippen LogP contribution is 2.43. The van der Waals surface area contributed by atoms with Crippen molar-refractivity contribution < 1.29 is 9.53 Å². The molecule has 148 valence electrons. The maximum Gasteiger partial charge on any atom is 0.332 e. The van der Waals surface area contributed by atoms with Crippen molar-refractivity contribution in [3.8, 4) is 11.3 Å². The Hall–Kier alpha value is -2.70. The molecule has 3 atom stereocenters. The molecule has 0 saturated heterocycles. The van der Waals surface area contributed by atoms with Crippen molar-refractivity contribution in [3.63, 3.8) is 0 Å². The van der Waals surface area contributed by atoms with Crippen LogP contribution in [0.1, 0.15) is 57.1 Å². The molecule has 2 aromatic rings. The largest absolute Gasteiger partial charge is 0.460 e. The summed E-state index contributed by atoms with van der Waals surface area (Å²) in [6.45, 7) is 1.66. The Morgan fingerprint density at radius 2 is 2.11 bits per heavy atom. The van der Waals surface area contributed by atoms with Gasteiger partial charge in [-0.2, -0.15) is 5.11 Å². The van der Waals surface area contributed by atoms with Gasteiger partial charge in [0.25, 0.3) is 0 Å². The second-order valence-corrected chi connectivity index (χ2v) is 7.81. The van der Waals surface area contributed by atoms with Crippen LogP contribution in [0.25, 0.3) is 11.3 Å². The van der Waals surface area contributed by atoms with Gasteiger partial charge in [0, 0.05) is 12.0 Å². The molecule has 0 spiro atoms. The fraction of sp³-hybridized carbons (Fsp3) is 0.524. The summed E-state index contributed by atoms with van der Waals surface area (Å²) in [5.41, 5.74) is 3.61. The lowest BCUT2D eigenvalue weighted by Crippen LogP contribution is -2.34. The Balaban J connectivity index is 1.60. The minimum absolute atomic E-state index is 0.125. The number of rotatable bonds is 6. The third-order valence-corrected chi connectivity index (χ3v) is 6.08. The average molecular weight is 381 g/mol. The molecule has 2 N–H and O–H groups in total. The summed E-state index contributed by atoms with van der Waals surface area (Å²) in [7, 11) is 0. The van der Waals surface area contributed by atoms with Gasteiger partial charge in [0.1, 0.15) is 6.10 Å². The van der Waals surface area contributed by atoms with Crippen molar-refractivity contribution in [2.45, 2.75) is 63.6 Å². The van der Waals surface area contributed by atoms with Crippen LogP contribution in [0.2, 0.25) is 0 Å². The second kappa shape index (κ2) is 8.12. The third kappa shape index (κ3) is 3.53. The highest BCUT2D eigenvalue weighted by Gasteiger charge is 2.35. The maximum absolute atomic E-state index is 12.6. The summed E-state index contributed by atoms with van der Waals surface area (Å²) in [4.78, 5) is 16.9. The smallest absolute Gasteiger partial charge is 0.332 e. The summed E-state index contributed by atoms with van der Waals surface area (Å²) in [5.74, 6) is 5.12. The number of aromatic nitrogens is 2. The first-order valence-electron chi connectivity index (χ1n) is 10.1. The van der Waals surface area contributed by atoms with E-state index in [-0.39, 0.29) is 18.1 Å². The van der Waals surface area contributed by atoms with E-state index in [0.717, 1.165) is 25.0 Å². The molecule has 0 bridgehead atoms. The molecule has 1 fully saturated rings. The summed E-state index contributed by atoms with van der Waals surface area (Å²) < 4.78 is 8.20. The Bertz CT molecular complexity index is 856. The van der Waals surface area contributed by atoms with E-state index >= 15 is 0 Å². The minimum atomic E-state index is -0.684. The normalized spacial score (nSPS) is 21.2.